The molecule has 0 spiro atoms. The Balaban J connectivity index is 2.39. The second-order valence-corrected chi connectivity index (χ2v) is 6.93. The van der Waals surface area contributed by atoms with E-state index in [1.807, 2.05) is 0 Å². The third-order valence-electron chi connectivity index (χ3n) is 3.21. The zero-order valence-corrected chi connectivity index (χ0v) is 12.2. The van der Waals surface area contributed by atoms with Crippen molar-refractivity contribution in [1.29, 1.82) is 0 Å². The molecule has 0 bridgehead atoms. The van der Waals surface area contributed by atoms with Gasteiger partial charge in [-0.3, -0.25) is 0 Å². The molecule has 16 heavy (non-hydrogen) atoms. The van der Waals surface area contributed by atoms with Gasteiger partial charge in [0, 0.05) is 11.4 Å². The lowest BCUT2D eigenvalue weighted by Gasteiger charge is -2.27. The van der Waals surface area contributed by atoms with E-state index in [4.69, 9.17) is 0 Å². The molecule has 1 heterocycles. The van der Waals surface area contributed by atoms with Gasteiger partial charge in [0.25, 0.3) is 0 Å². The summed E-state index contributed by atoms with van der Waals surface area (Å²) in [6, 6.07) is 0. The number of thiazole rings is 1. The first-order chi connectivity index (χ1) is 7.30. The number of aryl methyl sites for hydroxylation is 2. The molecule has 0 saturated heterocycles. The monoisotopic (exact) mass is 240 g/mol. The van der Waals surface area contributed by atoms with Gasteiger partial charge in [-0.1, -0.05) is 27.7 Å². The van der Waals surface area contributed by atoms with Crippen molar-refractivity contribution in [3.8, 4) is 0 Å². The van der Waals surface area contributed by atoms with E-state index in [1.54, 1.807) is 11.3 Å². The van der Waals surface area contributed by atoms with Crippen LogP contribution in [0, 0.1) is 25.2 Å². The van der Waals surface area contributed by atoms with E-state index < -0.39 is 0 Å². The summed E-state index contributed by atoms with van der Waals surface area (Å²) in [6.45, 7) is 15.4. The van der Waals surface area contributed by atoms with Crippen molar-refractivity contribution in [2.24, 2.45) is 11.3 Å². The SMILES string of the molecule is Cc1nc(C)c(CNCC(C)C(C)(C)C)s1. The van der Waals surface area contributed by atoms with Gasteiger partial charge in [-0.05, 0) is 31.7 Å². The minimum atomic E-state index is 0.381. The molecular formula is C13H24N2S. The number of hydrogen-bond donors (Lipinski definition) is 1. The molecule has 1 atom stereocenters. The topological polar surface area (TPSA) is 24.9 Å². The zero-order chi connectivity index (χ0) is 12.3. The van der Waals surface area contributed by atoms with Crippen LogP contribution in [0.15, 0.2) is 0 Å². The van der Waals surface area contributed by atoms with Crippen molar-refractivity contribution in [2.45, 2.75) is 48.1 Å². The molecule has 1 rings (SSSR count). The molecule has 3 heteroatoms. The summed E-state index contributed by atoms with van der Waals surface area (Å²) in [5.41, 5.74) is 1.56. The fourth-order valence-electron chi connectivity index (χ4n) is 1.45. The van der Waals surface area contributed by atoms with E-state index >= 15 is 0 Å². The van der Waals surface area contributed by atoms with Crippen LogP contribution in [-0.4, -0.2) is 11.5 Å². The summed E-state index contributed by atoms with van der Waals surface area (Å²) in [7, 11) is 0. The molecule has 0 aliphatic rings. The molecule has 0 fully saturated rings. The Kier molecular flexibility index (Phi) is 4.51. The van der Waals surface area contributed by atoms with Crippen LogP contribution in [-0.2, 0) is 6.54 Å². The van der Waals surface area contributed by atoms with Crippen LogP contribution in [0.5, 0.6) is 0 Å². The normalized spacial score (nSPS) is 14.1. The Bertz CT molecular complexity index is 336. The minimum Gasteiger partial charge on any atom is -0.312 e. The van der Waals surface area contributed by atoms with E-state index in [0.717, 1.165) is 18.1 Å². The number of hydrogen-bond acceptors (Lipinski definition) is 3. The first-order valence-corrected chi connectivity index (χ1v) is 6.76. The molecule has 0 aromatic carbocycles. The van der Waals surface area contributed by atoms with Gasteiger partial charge in [0.05, 0.1) is 10.7 Å². The second kappa shape index (κ2) is 5.28. The quantitative estimate of drug-likeness (QED) is 0.871. The second-order valence-electron chi connectivity index (χ2n) is 5.64. The summed E-state index contributed by atoms with van der Waals surface area (Å²) in [6.07, 6.45) is 0. The maximum atomic E-state index is 4.44. The molecular weight excluding hydrogens is 216 g/mol. The summed E-state index contributed by atoms with van der Waals surface area (Å²) in [5.74, 6) is 0.682. The summed E-state index contributed by atoms with van der Waals surface area (Å²) in [4.78, 5) is 5.81. The molecule has 0 aliphatic heterocycles. The summed E-state index contributed by atoms with van der Waals surface area (Å²) >= 11 is 1.80. The van der Waals surface area contributed by atoms with E-state index in [9.17, 15) is 0 Å². The first-order valence-electron chi connectivity index (χ1n) is 5.94. The fourth-order valence-corrected chi connectivity index (χ4v) is 2.35. The van der Waals surface area contributed by atoms with Crippen molar-refractivity contribution in [1.82, 2.24) is 10.3 Å². The number of nitrogens with zero attached hydrogens (tertiary/aromatic N) is 1. The summed E-state index contributed by atoms with van der Waals surface area (Å²) in [5, 5.41) is 4.70. The molecule has 0 amide bonds. The zero-order valence-electron chi connectivity index (χ0n) is 11.3. The molecule has 92 valence electrons. The van der Waals surface area contributed by atoms with Gasteiger partial charge < -0.3 is 5.32 Å². The Morgan fingerprint density at radius 1 is 1.31 bits per heavy atom. The van der Waals surface area contributed by atoms with Gasteiger partial charge in [0.1, 0.15) is 0 Å². The Labute approximate surface area is 103 Å². The van der Waals surface area contributed by atoms with Crippen molar-refractivity contribution in [3.05, 3.63) is 15.6 Å². The van der Waals surface area contributed by atoms with Crippen LogP contribution in [0.3, 0.4) is 0 Å². The van der Waals surface area contributed by atoms with Gasteiger partial charge in [-0.25, -0.2) is 4.98 Å². The lowest BCUT2D eigenvalue weighted by molar-refractivity contribution is 0.253. The first kappa shape index (κ1) is 13.7. The van der Waals surface area contributed by atoms with Crippen LogP contribution in [0.25, 0.3) is 0 Å². The largest absolute Gasteiger partial charge is 0.312 e. The average Bonchev–Trinajstić information content (AvgIpc) is 2.43. The van der Waals surface area contributed by atoms with Gasteiger partial charge in [0.2, 0.25) is 0 Å². The van der Waals surface area contributed by atoms with Gasteiger partial charge in [0.15, 0.2) is 0 Å². The molecule has 0 saturated carbocycles. The third-order valence-corrected chi connectivity index (χ3v) is 4.29. The Morgan fingerprint density at radius 2 is 1.94 bits per heavy atom. The standard InChI is InChI=1S/C13H24N2S/c1-9(13(4,5)6)7-14-8-12-10(2)15-11(3)16-12/h9,14H,7-8H2,1-6H3. The predicted molar refractivity (Wildman–Crippen MR) is 71.9 cm³/mol. The predicted octanol–water partition coefficient (Wildman–Crippen LogP) is 3.53. The van der Waals surface area contributed by atoms with Crippen molar-refractivity contribution in [2.75, 3.05) is 6.54 Å². The molecule has 1 N–H and O–H groups in total. The van der Waals surface area contributed by atoms with E-state index in [-0.39, 0.29) is 0 Å². The lowest BCUT2D eigenvalue weighted by Crippen LogP contribution is -2.29. The van der Waals surface area contributed by atoms with Gasteiger partial charge >= 0.3 is 0 Å². The highest BCUT2D eigenvalue weighted by Crippen LogP contribution is 2.24. The van der Waals surface area contributed by atoms with E-state index in [2.05, 4.69) is 51.8 Å². The number of nitrogens with one attached hydrogen (secondary N) is 1. The van der Waals surface area contributed by atoms with Crippen LogP contribution in [0.4, 0.5) is 0 Å². The maximum Gasteiger partial charge on any atom is 0.0900 e. The third kappa shape index (κ3) is 3.87. The van der Waals surface area contributed by atoms with E-state index in [0.29, 0.717) is 11.3 Å². The van der Waals surface area contributed by atoms with Crippen molar-refractivity contribution in [3.63, 3.8) is 0 Å². The highest BCUT2D eigenvalue weighted by Gasteiger charge is 2.19. The van der Waals surface area contributed by atoms with Crippen LogP contribution >= 0.6 is 11.3 Å². The van der Waals surface area contributed by atoms with Crippen molar-refractivity contribution < 1.29 is 0 Å². The van der Waals surface area contributed by atoms with Crippen LogP contribution in [0.1, 0.15) is 43.3 Å². The van der Waals surface area contributed by atoms with E-state index in [1.165, 1.54) is 10.6 Å². The van der Waals surface area contributed by atoms with Gasteiger partial charge in [-0.15, -0.1) is 11.3 Å². The summed E-state index contributed by atoms with van der Waals surface area (Å²) < 4.78 is 0. The number of rotatable bonds is 4. The molecule has 1 aromatic heterocycles. The highest BCUT2D eigenvalue weighted by atomic mass is 32.1. The average molecular weight is 240 g/mol. The smallest absolute Gasteiger partial charge is 0.0900 e. The molecule has 0 radical (unpaired) electrons. The Hall–Kier alpha value is -0.410. The number of aromatic nitrogens is 1. The van der Waals surface area contributed by atoms with Gasteiger partial charge in [-0.2, -0.15) is 0 Å². The highest BCUT2D eigenvalue weighted by molar-refractivity contribution is 7.11. The van der Waals surface area contributed by atoms with Crippen LogP contribution < -0.4 is 5.32 Å². The maximum absolute atomic E-state index is 4.44. The lowest BCUT2D eigenvalue weighted by atomic mass is 9.82. The van der Waals surface area contributed by atoms with Crippen LogP contribution in [0.2, 0.25) is 0 Å². The minimum absolute atomic E-state index is 0.381. The molecule has 1 unspecified atom stereocenters. The molecule has 2 nitrogen and oxygen atoms in total. The molecule has 1 aromatic rings. The molecule has 0 aliphatic carbocycles. The van der Waals surface area contributed by atoms with Crippen molar-refractivity contribution >= 4 is 11.3 Å². The Morgan fingerprint density at radius 3 is 2.38 bits per heavy atom. The fraction of sp³-hybridized carbons (Fsp3) is 0.769.